The van der Waals surface area contributed by atoms with Gasteiger partial charge in [-0.3, -0.25) is 0 Å². The number of alkyl carbamates (subject to hydrolysis) is 1. The summed E-state index contributed by atoms with van der Waals surface area (Å²) in [6.07, 6.45) is 6.22. The van der Waals surface area contributed by atoms with Crippen molar-refractivity contribution in [3.8, 4) is 11.8 Å². The van der Waals surface area contributed by atoms with Gasteiger partial charge in [-0.1, -0.05) is 27.7 Å². The summed E-state index contributed by atoms with van der Waals surface area (Å²) in [6, 6.07) is 0. The van der Waals surface area contributed by atoms with Crippen molar-refractivity contribution in [1.29, 1.82) is 0 Å². The lowest BCUT2D eigenvalue weighted by Crippen LogP contribution is -2.36. The Labute approximate surface area is 148 Å². The molecule has 0 heterocycles. The van der Waals surface area contributed by atoms with Crippen LogP contribution in [-0.2, 0) is 9.47 Å². The van der Waals surface area contributed by atoms with Gasteiger partial charge < -0.3 is 14.8 Å². The minimum Gasteiger partial charge on any atom is -0.453 e. The lowest BCUT2D eigenvalue weighted by atomic mass is 9.95. The van der Waals surface area contributed by atoms with Crippen molar-refractivity contribution < 1.29 is 14.3 Å². The average Bonchev–Trinajstić information content (AvgIpc) is 3.22. The Balaban J connectivity index is 0.000000267. The molecule has 2 rings (SSSR count). The maximum absolute atomic E-state index is 10.9. The number of amides is 1. The Hall–Kier alpha value is -1.21. The molecule has 0 aliphatic heterocycles. The molecule has 1 fully saturated rings. The lowest BCUT2D eigenvalue weighted by molar-refractivity contribution is 0.0463. The predicted octanol–water partition coefficient (Wildman–Crippen LogP) is 4.24. The van der Waals surface area contributed by atoms with Crippen LogP contribution in [0.25, 0.3) is 0 Å². The van der Waals surface area contributed by atoms with E-state index in [1.807, 2.05) is 13.8 Å². The molecule has 138 valence electrons. The summed E-state index contributed by atoms with van der Waals surface area (Å²) in [4.78, 5) is 10.9. The van der Waals surface area contributed by atoms with E-state index in [0.717, 1.165) is 18.4 Å². The van der Waals surface area contributed by atoms with Crippen LogP contribution in [0.4, 0.5) is 4.79 Å². The summed E-state index contributed by atoms with van der Waals surface area (Å²) in [6.45, 7) is 10.3. The highest BCUT2D eigenvalue weighted by molar-refractivity contribution is 5.66. The highest BCUT2D eigenvalue weighted by Crippen LogP contribution is 2.45. The highest BCUT2D eigenvalue weighted by atomic mass is 16.5. The molecule has 0 saturated heterocycles. The van der Waals surface area contributed by atoms with Gasteiger partial charge in [0.25, 0.3) is 0 Å². The number of nitrogens with one attached hydrogen (secondary N) is 1. The second-order valence-corrected chi connectivity index (χ2v) is 8.11. The van der Waals surface area contributed by atoms with Gasteiger partial charge in [0.15, 0.2) is 0 Å². The third kappa shape index (κ3) is 9.82. The number of rotatable bonds is 6. The largest absolute Gasteiger partial charge is 0.453 e. The lowest BCUT2D eigenvalue weighted by Gasteiger charge is -2.24. The minimum absolute atomic E-state index is 0.0664. The number of ether oxygens (including phenoxy) is 2. The molecule has 0 radical (unpaired) electrons. The molecule has 0 aromatic heterocycles. The first-order valence-electron chi connectivity index (χ1n) is 9.19. The number of hydrogen-bond acceptors (Lipinski definition) is 3. The molecule has 2 atom stereocenters. The molecule has 4 nitrogen and oxygen atoms in total. The van der Waals surface area contributed by atoms with Gasteiger partial charge >= 0.3 is 6.09 Å². The normalized spacial score (nSPS) is 21.9. The number of hydrogen-bond donors (Lipinski definition) is 1. The predicted molar refractivity (Wildman–Crippen MR) is 97.7 cm³/mol. The molecular formula is C20H35NO3. The molecule has 2 aliphatic rings. The first kappa shape index (κ1) is 20.8. The van der Waals surface area contributed by atoms with Gasteiger partial charge in [-0.25, -0.2) is 4.79 Å². The molecule has 2 aliphatic carbocycles. The highest BCUT2D eigenvalue weighted by Gasteiger charge is 2.35. The van der Waals surface area contributed by atoms with Gasteiger partial charge in [-0.05, 0) is 37.0 Å². The van der Waals surface area contributed by atoms with Crippen molar-refractivity contribution in [2.75, 3.05) is 26.9 Å². The average molecular weight is 338 g/mol. The Morgan fingerprint density at radius 1 is 1.21 bits per heavy atom. The van der Waals surface area contributed by atoms with Crippen LogP contribution >= 0.6 is 0 Å². The van der Waals surface area contributed by atoms with Crippen LogP contribution in [0.1, 0.15) is 59.8 Å². The summed E-state index contributed by atoms with van der Waals surface area (Å²) >= 11 is 0. The maximum Gasteiger partial charge on any atom is 0.406 e. The molecular weight excluding hydrogens is 302 g/mol. The van der Waals surface area contributed by atoms with E-state index >= 15 is 0 Å². The molecule has 4 heteroatoms. The third-order valence-corrected chi connectivity index (χ3v) is 4.31. The smallest absolute Gasteiger partial charge is 0.406 e. The van der Waals surface area contributed by atoms with Gasteiger partial charge in [-0.15, -0.1) is 11.8 Å². The summed E-state index contributed by atoms with van der Waals surface area (Å²) in [5, 5.41) is 2.67. The second-order valence-electron chi connectivity index (χ2n) is 8.11. The van der Waals surface area contributed by atoms with Crippen molar-refractivity contribution in [2.45, 2.75) is 59.8 Å². The Morgan fingerprint density at radius 3 is 2.29 bits per heavy atom. The number of carbonyl (C=O) groups is 1. The first-order chi connectivity index (χ1) is 11.3. The van der Waals surface area contributed by atoms with E-state index in [2.05, 4.69) is 35.7 Å². The van der Waals surface area contributed by atoms with Gasteiger partial charge in [0.1, 0.15) is 0 Å². The molecule has 0 bridgehead atoms. The van der Waals surface area contributed by atoms with Crippen molar-refractivity contribution >= 4 is 6.09 Å². The topological polar surface area (TPSA) is 47.6 Å². The summed E-state index contributed by atoms with van der Waals surface area (Å²) in [5.74, 6) is 9.09. The number of fused-ring (bicyclic) bond motifs is 1. The monoisotopic (exact) mass is 337 g/mol. The van der Waals surface area contributed by atoms with Crippen molar-refractivity contribution in [3.05, 3.63) is 0 Å². The standard InChI is InChI=1S/C11H23NO3.C9H12/c1-9(2)6-15-8-11(3,4)7-12-10(13)14-5;1-2-4-6-9-7-8(9)5-3-1/h9H,6-8H2,1-5H3,(H,12,13);8-9H,3-7H2. The van der Waals surface area contributed by atoms with Crippen LogP contribution < -0.4 is 5.32 Å². The van der Waals surface area contributed by atoms with Crippen molar-refractivity contribution in [1.82, 2.24) is 5.32 Å². The second kappa shape index (κ2) is 10.6. The van der Waals surface area contributed by atoms with Gasteiger partial charge in [0, 0.05) is 31.4 Å². The van der Waals surface area contributed by atoms with E-state index in [0.29, 0.717) is 19.1 Å². The van der Waals surface area contributed by atoms with Crippen LogP contribution in [-0.4, -0.2) is 33.0 Å². The molecule has 1 N–H and O–H groups in total. The van der Waals surface area contributed by atoms with Crippen LogP contribution in [0.3, 0.4) is 0 Å². The molecule has 0 spiro atoms. The summed E-state index contributed by atoms with van der Waals surface area (Å²) in [7, 11) is 1.36. The van der Waals surface area contributed by atoms with Crippen LogP contribution in [0.2, 0.25) is 0 Å². The quantitative estimate of drug-likeness (QED) is 0.737. The fourth-order valence-electron chi connectivity index (χ4n) is 2.71. The number of methoxy groups -OCH3 is 1. The van der Waals surface area contributed by atoms with E-state index in [1.165, 1.54) is 39.2 Å². The molecule has 1 saturated carbocycles. The zero-order valence-electron chi connectivity index (χ0n) is 16.1. The van der Waals surface area contributed by atoms with E-state index in [1.54, 1.807) is 0 Å². The first-order valence-corrected chi connectivity index (χ1v) is 9.19. The minimum atomic E-state index is -0.396. The molecule has 0 aromatic rings. The van der Waals surface area contributed by atoms with Crippen LogP contribution in [0, 0.1) is 35.0 Å². The maximum atomic E-state index is 10.9. The molecule has 0 aromatic carbocycles. The SMILES string of the molecule is C1#CCCC2CC2CC1.COC(=O)NCC(C)(C)COCC(C)C. The van der Waals surface area contributed by atoms with E-state index in [-0.39, 0.29) is 5.41 Å². The van der Waals surface area contributed by atoms with E-state index < -0.39 is 6.09 Å². The van der Waals surface area contributed by atoms with E-state index in [4.69, 9.17) is 4.74 Å². The van der Waals surface area contributed by atoms with Crippen molar-refractivity contribution in [3.63, 3.8) is 0 Å². The Kier molecular flexibility index (Phi) is 9.21. The fraction of sp³-hybridized carbons (Fsp3) is 0.850. The molecule has 2 unspecified atom stereocenters. The fourth-order valence-corrected chi connectivity index (χ4v) is 2.71. The molecule has 24 heavy (non-hydrogen) atoms. The zero-order chi connectivity index (χ0) is 18.0. The Bertz CT molecular complexity index is 418. The van der Waals surface area contributed by atoms with Crippen molar-refractivity contribution in [2.24, 2.45) is 23.2 Å². The van der Waals surface area contributed by atoms with Gasteiger partial charge in [0.05, 0.1) is 13.7 Å². The zero-order valence-corrected chi connectivity index (χ0v) is 16.1. The van der Waals surface area contributed by atoms with Crippen LogP contribution in [0.15, 0.2) is 0 Å². The number of carbonyl (C=O) groups excluding carboxylic acids is 1. The summed E-state index contributed by atoms with van der Waals surface area (Å²) < 4.78 is 10.0. The Morgan fingerprint density at radius 2 is 1.79 bits per heavy atom. The van der Waals surface area contributed by atoms with Crippen LogP contribution in [0.5, 0.6) is 0 Å². The van der Waals surface area contributed by atoms with E-state index in [9.17, 15) is 4.79 Å². The molecule has 1 amide bonds. The third-order valence-electron chi connectivity index (χ3n) is 4.31. The summed E-state index contributed by atoms with van der Waals surface area (Å²) in [5.41, 5.74) is -0.0664. The van der Waals surface area contributed by atoms with Gasteiger partial charge in [0.2, 0.25) is 0 Å². The van der Waals surface area contributed by atoms with Gasteiger partial charge in [-0.2, -0.15) is 0 Å².